The van der Waals surface area contributed by atoms with Crippen molar-refractivity contribution in [2.75, 3.05) is 18.5 Å². The fourth-order valence-electron chi connectivity index (χ4n) is 3.54. The Morgan fingerprint density at radius 3 is 2.47 bits per heavy atom. The summed E-state index contributed by atoms with van der Waals surface area (Å²) in [5, 5.41) is 17.2. The molecule has 1 aliphatic rings. The van der Waals surface area contributed by atoms with Gasteiger partial charge in [0.15, 0.2) is 6.17 Å². The number of carboxylic acid groups (broad SMARTS) is 1. The zero-order valence-electron chi connectivity index (χ0n) is 17.6. The minimum absolute atomic E-state index is 0.0638. The summed E-state index contributed by atoms with van der Waals surface area (Å²) in [6, 6.07) is 6.98. The Hall–Kier alpha value is -2.77. The highest BCUT2D eigenvalue weighted by atomic mass is 16.5. The van der Waals surface area contributed by atoms with Crippen LogP contribution < -0.4 is 20.7 Å². The minimum Gasteiger partial charge on any atom is -0.494 e. The number of rotatable bonds is 13. The van der Waals surface area contributed by atoms with Gasteiger partial charge in [0.25, 0.3) is 5.91 Å². The highest BCUT2D eigenvalue weighted by Crippen LogP contribution is 2.28. The van der Waals surface area contributed by atoms with Gasteiger partial charge in [-0.1, -0.05) is 25.7 Å². The van der Waals surface area contributed by atoms with E-state index in [4.69, 9.17) is 9.84 Å². The SMILES string of the molecule is CCNC(=O)C(NC(=O)CCC1CCCC1)Nc1ccc(OCCCC(=O)O)cc1. The number of likely N-dealkylation sites (N-methyl/N-ethyl adjacent to an activating group) is 1. The van der Waals surface area contributed by atoms with E-state index in [-0.39, 0.29) is 18.2 Å². The fourth-order valence-corrected chi connectivity index (χ4v) is 3.54. The first kappa shape index (κ1) is 23.5. The van der Waals surface area contributed by atoms with Crippen molar-refractivity contribution in [2.45, 2.75) is 64.5 Å². The zero-order chi connectivity index (χ0) is 21.8. The largest absolute Gasteiger partial charge is 0.494 e. The summed E-state index contributed by atoms with van der Waals surface area (Å²) in [5.74, 6) is -0.0413. The standard InChI is InChI=1S/C22H33N3O5/c1-2-23-22(29)21(25-19(26)14-9-16-6-3-4-7-16)24-17-10-12-18(13-11-17)30-15-5-8-20(27)28/h10-13,16,21,24H,2-9,14-15H2,1H3,(H,23,29)(H,25,26)(H,27,28). The monoisotopic (exact) mass is 419 g/mol. The molecule has 4 N–H and O–H groups in total. The molecule has 30 heavy (non-hydrogen) atoms. The number of ether oxygens (including phenoxy) is 1. The summed E-state index contributed by atoms with van der Waals surface area (Å²) in [4.78, 5) is 35.3. The van der Waals surface area contributed by atoms with E-state index >= 15 is 0 Å². The summed E-state index contributed by atoms with van der Waals surface area (Å²) in [7, 11) is 0. The average molecular weight is 420 g/mol. The van der Waals surface area contributed by atoms with Crippen molar-refractivity contribution in [1.82, 2.24) is 10.6 Å². The number of carbonyl (C=O) groups excluding carboxylic acids is 2. The van der Waals surface area contributed by atoms with Crippen LogP contribution in [0.5, 0.6) is 5.75 Å². The van der Waals surface area contributed by atoms with Gasteiger partial charge >= 0.3 is 5.97 Å². The van der Waals surface area contributed by atoms with Gasteiger partial charge in [-0.05, 0) is 49.9 Å². The molecule has 0 bridgehead atoms. The molecule has 0 saturated heterocycles. The summed E-state index contributed by atoms with van der Waals surface area (Å²) < 4.78 is 5.51. The molecule has 2 amide bonds. The maximum atomic E-state index is 12.4. The van der Waals surface area contributed by atoms with E-state index in [1.165, 1.54) is 25.7 Å². The maximum absolute atomic E-state index is 12.4. The van der Waals surface area contributed by atoms with Crippen LogP contribution in [0.4, 0.5) is 5.69 Å². The van der Waals surface area contributed by atoms with Crippen molar-refractivity contribution in [2.24, 2.45) is 5.92 Å². The molecule has 0 aromatic heterocycles. The molecule has 1 aromatic rings. The Morgan fingerprint density at radius 1 is 1.13 bits per heavy atom. The zero-order valence-corrected chi connectivity index (χ0v) is 17.6. The van der Waals surface area contributed by atoms with Gasteiger partial charge in [-0.3, -0.25) is 14.4 Å². The maximum Gasteiger partial charge on any atom is 0.303 e. The lowest BCUT2D eigenvalue weighted by Crippen LogP contribution is -2.51. The molecule has 0 radical (unpaired) electrons. The third kappa shape index (κ3) is 8.71. The quantitative estimate of drug-likeness (QED) is 0.289. The van der Waals surface area contributed by atoms with Crippen LogP contribution in [-0.4, -0.2) is 42.2 Å². The van der Waals surface area contributed by atoms with E-state index in [1.807, 2.05) is 6.92 Å². The number of nitrogens with one attached hydrogen (secondary N) is 3. The number of hydrogen-bond acceptors (Lipinski definition) is 5. The average Bonchev–Trinajstić information content (AvgIpc) is 3.24. The molecule has 1 aromatic carbocycles. The van der Waals surface area contributed by atoms with E-state index in [0.29, 0.717) is 43.3 Å². The summed E-state index contributed by atoms with van der Waals surface area (Å²) in [5.41, 5.74) is 0.667. The minimum atomic E-state index is -0.858. The third-order valence-electron chi connectivity index (χ3n) is 5.14. The van der Waals surface area contributed by atoms with E-state index in [0.717, 1.165) is 6.42 Å². The molecule has 1 unspecified atom stereocenters. The first-order valence-electron chi connectivity index (χ1n) is 10.8. The number of carboxylic acids is 1. The fraction of sp³-hybridized carbons (Fsp3) is 0.591. The molecule has 1 fully saturated rings. The van der Waals surface area contributed by atoms with Crippen molar-refractivity contribution in [3.63, 3.8) is 0 Å². The molecule has 0 aliphatic heterocycles. The molecule has 8 heteroatoms. The Balaban J connectivity index is 1.85. The van der Waals surface area contributed by atoms with Gasteiger partial charge in [0.2, 0.25) is 5.91 Å². The highest BCUT2D eigenvalue weighted by Gasteiger charge is 2.21. The lowest BCUT2D eigenvalue weighted by molar-refractivity contribution is -0.137. The van der Waals surface area contributed by atoms with Gasteiger partial charge in [-0.2, -0.15) is 0 Å². The summed E-state index contributed by atoms with van der Waals surface area (Å²) in [6.45, 7) is 2.61. The van der Waals surface area contributed by atoms with Crippen LogP contribution in [0.25, 0.3) is 0 Å². The summed E-state index contributed by atoms with van der Waals surface area (Å²) in [6.07, 6.45) is 5.79. The molecule has 0 spiro atoms. The number of carbonyl (C=O) groups is 3. The second kappa shape index (κ2) is 12.7. The van der Waals surface area contributed by atoms with Crippen LogP contribution in [-0.2, 0) is 14.4 Å². The molecular weight excluding hydrogens is 386 g/mol. The van der Waals surface area contributed by atoms with Crippen LogP contribution in [0, 0.1) is 5.92 Å². The van der Waals surface area contributed by atoms with E-state index in [2.05, 4.69) is 16.0 Å². The first-order chi connectivity index (χ1) is 14.5. The van der Waals surface area contributed by atoms with E-state index in [1.54, 1.807) is 24.3 Å². The Labute approximate surface area is 177 Å². The van der Waals surface area contributed by atoms with Gasteiger partial charge < -0.3 is 25.8 Å². The highest BCUT2D eigenvalue weighted by molar-refractivity contribution is 5.89. The van der Waals surface area contributed by atoms with Crippen LogP contribution in [0.2, 0.25) is 0 Å². The molecule has 0 heterocycles. The molecule has 1 atom stereocenters. The second-order valence-corrected chi connectivity index (χ2v) is 7.60. The van der Waals surface area contributed by atoms with Crippen molar-refractivity contribution in [1.29, 1.82) is 0 Å². The lowest BCUT2D eigenvalue weighted by atomic mass is 10.0. The number of aliphatic carboxylic acids is 1. The molecular formula is C22H33N3O5. The molecule has 1 saturated carbocycles. The van der Waals surface area contributed by atoms with Gasteiger partial charge in [0.1, 0.15) is 5.75 Å². The number of amides is 2. The molecule has 2 rings (SSSR count). The number of anilines is 1. The van der Waals surface area contributed by atoms with Crippen LogP contribution in [0.1, 0.15) is 58.3 Å². The van der Waals surface area contributed by atoms with E-state index < -0.39 is 12.1 Å². The normalized spacial score (nSPS) is 14.7. The van der Waals surface area contributed by atoms with Gasteiger partial charge in [-0.15, -0.1) is 0 Å². The van der Waals surface area contributed by atoms with Crippen LogP contribution in [0.3, 0.4) is 0 Å². The van der Waals surface area contributed by atoms with Gasteiger partial charge in [0.05, 0.1) is 6.61 Å². The van der Waals surface area contributed by atoms with Crippen LogP contribution in [0.15, 0.2) is 24.3 Å². The number of benzene rings is 1. The number of hydrogen-bond donors (Lipinski definition) is 4. The Bertz CT molecular complexity index is 687. The van der Waals surface area contributed by atoms with Crippen LogP contribution >= 0.6 is 0 Å². The molecule has 1 aliphatic carbocycles. The third-order valence-corrected chi connectivity index (χ3v) is 5.14. The predicted molar refractivity (Wildman–Crippen MR) is 114 cm³/mol. The Kier molecular flexibility index (Phi) is 9.97. The predicted octanol–water partition coefficient (Wildman–Crippen LogP) is 2.89. The topological polar surface area (TPSA) is 117 Å². The smallest absolute Gasteiger partial charge is 0.303 e. The Morgan fingerprint density at radius 2 is 1.83 bits per heavy atom. The van der Waals surface area contributed by atoms with Crippen molar-refractivity contribution in [3.05, 3.63) is 24.3 Å². The molecule has 8 nitrogen and oxygen atoms in total. The first-order valence-corrected chi connectivity index (χ1v) is 10.8. The lowest BCUT2D eigenvalue weighted by Gasteiger charge is -2.21. The van der Waals surface area contributed by atoms with Gasteiger partial charge in [-0.25, -0.2) is 0 Å². The second-order valence-electron chi connectivity index (χ2n) is 7.60. The van der Waals surface area contributed by atoms with Gasteiger partial charge in [0, 0.05) is 25.1 Å². The summed E-state index contributed by atoms with van der Waals surface area (Å²) >= 11 is 0. The van der Waals surface area contributed by atoms with Crippen molar-refractivity contribution < 1.29 is 24.2 Å². The van der Waals surface area contributed by atoms with Crippen molar-refractivity contribution in [3.8, 4) is 5.75 Å². The van der Waals surface area contributed by atoms with Crippen molar-refractivity contribution >= 4 is 23.5 Å². The molecule has 166 valence electrons. The van der Waals surface area contributed by atoms with E-state index in [9.17, 15) is 14.4 Å².